The Bertz CT molecular complexity index is 733. The number of ether oxygens (including phenoxy) is 1. The number of anilines is 1. The van der Waals surface area contributed by atoms with Crippen molar-refractivity contribution < 1.29 is 4.74 Å². The molecule has 26 heavy (non-hydrogen) atoms. The van der Waals surface area contributed by atoms with Crippen LogP contribution in [-0.4, -0.2) is 65.5 Å². The Morgan fingerprint density at radius 2 is 2.08 bits per heavy atom. The van der Waals surface area contributed by atoms with Crippen LogP contribution in [0.1, 0.15) is 17.0 Å². The number of methoxy groups -OCH3 is 1. The van der Waals surface area contributed by atoms with Crippen molar-refractivity contribution in [1.82, 2.24) is 19.7 Å². The molecule has 3 rings (SSSR count). The number of aliphatic imine (C=N–C) groups is 1. The summed E-state index contributed by atoms with van der Waals surface area (Å²) in [6, 6.07) is 0. The molecule has 9 heteroatoms. The molecule has 1 aliphatic rings. The van der Waals surface area contributed by atoms with Crippen LogP contribution in [0.2, 0.25) is 0 Å². The summed E-state index contributed by atoms with van der Waals surface area (Å²) in [7, 11) is 1.70. The van der Waals surface area contributed by atoms with E-state index in [0.29, 0.717) is 19.1 Å². The summed E-state index contributed by atoms with van der Waals surface area (Å²) >= 11 is 1.67. The van der Waals surface area contributed by atoms with Crippen molar-refractivity contribution in [3.05, 3.63) is 28.5 Å². The van der Waals surface area contributed by atoms with Crippen molar-refractivity contribution >= 4 is 22.4 Å². The number of thiazole rings is 1. The lowest BCUT2D eigenvalue weighted by Crippen LogP contribution is -2.51. The lowest BCUT2D eigenvalue weighted by molar-refractivity contribution is 0.182. The summed E-state index contributed by atoms with van der Waals surface area (Å²) in [5.74, 6) is 0.604. The number of hydrogen-bond donors (Lipinski definition) is 1. The highest BCUT2D eigenvalue weighted by Gasteiger charge is 2.20. The minimum absolute atomic E-state index is 0.559. The van der Waals surface area contributed by atoms with Gasteiger partial charge in [-0.3, -0.25) is 4.68 Å². The Kier molecular flexibility index (Phi) is 6.10. The van der Waals surface area contributed by atoms with E-state index in [9.17, 15) is 0 Å². The van der Waals surface area contributed by atoms with Gasteiger partial charge in [-0.15, -0.1) is 11.3 Å². The fourth-order valence-corrected chi connectivity index (χ4v) is 3.81. The van der Waals surface area contributed by atoms with Crippen molar-refractivity contribution in [2.45, 2.75) is 26.9 Å². The smallest absolute Gasteiger partial charge is 0.191 e. The fourth-order valence-electron chi connectivity index (χ4n) is 3.12. The van der Waals surface area contributed by atoms with E-state index in [2.05, 4.69) is 31.8 Å². The zero-order valence-corrected chi connectivity index (χ0v) is 16.5. The molecule has 1 fully saturated rings. The highest BCUT2D eigenvalue weighted by molar-refractivity contribution is 7.13. The number of piperazine rings is 1. The van der Waals surface area contributed by atoms with E-state index in [1.54, 1.807) is 18.4 Å². The SMILES string of the molecule is COCCn1nc(C)c(CN=C(N)N2CCN(c3nccs3)CC2)c1C. The first-order valence-corrected chi connectivity index (χ1v) is 9.69. The Balaban J connectivity index is 1.58. The largest absolute Gasteiger partial charge is 0.383 e. The molecule has 3 heterocycles. The van der Waals surface area contributed by atoms with Crippen molar-refractivity contribution in [3.8, 4) is 0 Å². The maximum Gasteiger partial charge on any atom is 0.191 e. The van der Waals surface area contributed by atoms with Crippen LogP contribution in [0.5, 0.6) is 0 Å². The fraction of sp³-hybridized carbons (Fsp3) is 0.588. The molecule has 2 N–H and O–H groups in total. The average Bonchev–Trinajstić information content (AvgIpc) is 3.27. The van der Waals surface area contributed by atoms with E-state index in [4.69, 9.17) is 10.5 Å². The van der Waals surface area contributed by atoms with Crippen LogP contribution < -0.4 is 10.6 Å². The lowest BCUT2D eigenvalue weighted by Gasteiger charge is -2.35. The molecule has 142 valence electrons. The van der Waals surface area contributed by atoms with Gasteiger partial charge in [0, 0.05) is 56.1 Å². The number of rotatable bonds is 6. The molecule has 1 aliphatic heterocycles. The van der Waals surface area contributed by atoms with Gasteiger partial charge in [0.2, 0.25) is 0 Å². The van der Waals surface area contributed by atoms with Gasteiger partial charge in [0.1, 0.15) is 0 Å². The molecule has 0 amide bonds. The number of aromatic nitrogens is 3. The van der Waals surface area contributed by atoms with Crippen LogP contribution in [0.4, 0.5) is 5.13 Å². The van der Waals surface area contributed by atoms with Crippen LogP contribution in [0, 0.1) is 13.8 Å². The van der Waals surface area contributed by atoms with Crippen molar-refractivity contribution in [1.29, 1.82) is 0 Å². The Morgan fingerprint density at radius 3 is 2.73 bits per heavy atom. The first-order chi connectivity index (χ1) is 12.6. The third-order valence-electron chi connectivity index (χ3n) is 4.73. The Labute approximate surface area is 158 Å². The normalized spacial score (nSPS) is 15.7. The van der Waals surface area contributed by atoms with E-state index in [1.807, 2.05) is 23.2 Å². The molecule has 1 saturated heterocycles. The first-order valence-electron chi connectivity index (χ1n) is 8.81. The summed E-state index contributed by atoms with van der Waals surface area (Å²) in [5, 5.41) is 7.66. The number of aryl methyl sites for hydroxylation is 1. The van der Waals surface area contributed by atoms with Crippen molar-refractivity contribution in [2.24, 2.45) is 10.7 Å². The zero-order valence-electron chi connectivity index (χ0n) is 15.7. The van der Waals surface area contributed by atoms with Crippen LogP contribution in [0.25, 0.3) is 0 Å². The lowest BCUT2D eigenvalue weighted by atomic mass is 10.2. The molecule has 0 bridgehead atoms. The van der Waals surface area contributed by atoms with Crippen LogP contribution in [0.15, 0.2) is 16.6 Å². The second-order valence-electron chi connectivity index (χ2n) is 6.33. The van der Waals surface area contributed by atoms with Crippen LogP contribution in [-0.2, 0) is 17.8 Å². The molecule has 0 unspecified atom stereocenters. The van der Waals surface area contributed by atoms with Gasteiger partial charge in [-0.1, -0.05) is 0 Å². The Morgan fingerprint density at radius 1 is 1.31 bits per heavy atom. The topological polar surface area (TPSA) is 84.8 Å². The molecule has 0 spiro atoms. The van der Waals surface area contributed by atoms with Crippen LogP contribution in [0.3, 0.4) is 0 Å². The summed E-state index contributed by atoms with van der Waals surface area (Å²) < 4.78 is 7.12. The van der Waals surface area contributed by atoms with E-state index in [-0.39, 0.29) is 0 Å². The van der Waals surface area contributed by atoms with Crippen molar-refractivity contribution in [2.75, 3.05) is 44.8 Å². The first kappa shape index (κ1) is 18.7. The second-order valence-corrected chi connectivity index (χ2v) is 7.20. The van der Waals surface area contributed by atoms with Gasteiger partial charge in [-0.2, -0.15) is 5.10 Å². The maximum atomic E-state index is 6.24. The standard InChI is InChI=1S/C17H27N7OS/c1-13-15(14(2)24(21-13)9-10-25-3)12-20-16(18)22-5-7-23(8-6-22)17-19-4-11-26-17/h4,11H,5-10,12H2,1-3H3,(H2,18,20). The van der Waals surface area contributed by atoms with Gasteiger partial charge in [0.15, 0.2) is 11.1 Å². The third kappa shape index (κ3) is 4.16. The van der Waals surface area contributed by atoms with Gasteiger partial charge >= 0.3 is 0 Å². The molecule has 2 aromatic heterocycles. The van der Waals surface area contributed by atoms with Crippen LogP contribution >= 0.6 is 11.3 Å². The monoisotopic (exact) mass is 377 g/mol. The quantitative estimate of drug-likeness (QED) is 0.602. The summed E-state index contributed by atoms with van der Waals surface area (Å²) in [5.41, 5.74) is 9.52. The van der Waals surface area contributed by atoms with E-state index < -0.39 is 0 Å². The third-order valence-corrected chi connectivity index (χ3v) is 5.56. The molecule has 0 radical (unpaired) electrons. The zero-order chi connectivity index (χ0) is 18.5. The molecule has 8 nitrogen and oxygen atoms in total. The molecular formula is C17H27N7OS. The number of hydrogen-bond acceptors (Lipinski definition) is 6. The van der Waals surface area contributed by atoms with E-state index in [1.165, 1.54) is 0 Å². The minimum Gasteiger partial charge on any atom is -0.383 e. The minimum atomic E-state index is 0.559. The highest BCUT2D eigenvalue weighted by Crippen LogP contribution is 2.19. The number of guanidine groups is 1. The molecule has 0 aliphatic carbocycles. The van der Waals surface area contributed by atoms with E-state index in [0.717, 1.165) is 54.8 Å². The second kappa shape index (κ2) is 8.50. The number of nitrogens with two attached hydrogens (primary N) is 1. The van der Waals surface area contributed by atoms with Gasteiger partial charge < -0.3 is 20.3 Å². The maximum absolute atomic E-state index is 6.24. The predicted molar refractivity (Wildman–Crippen MR) is 105 cm³/mol. The van der Waals surface area contributed by atoms with Gasteiger partial charge in [0.05, 0.1) is 25.4 Å². The Hall–Kier alpha value is -2.13. The van der Waals surface area contributed by atoms with Gasteiger partial charge in [-0.25, -0.2) is 9.98 Å². The van der Waals surface area contributed by atoms with Gasteiger partial charge in [0.25, 0.3) is 0 Å². The van der Waals surface area contributed by atoms with Crippen molar-refractivity contribution in [3.63, 3.8) is 0 Å². The predicted octanol–water partition coefficient (Wildman–Crippen LogP) is 1.24. The van der Waals surface area contributed by atoms with Gasteiger partial charge in [-0.05, 0) is 13.8 Å². The number of nitrogens with zero attached hydrogens (tertiary/aromatic N) is 6. The van der Waals surface area contributed by atoms with E-state index >= 15 is 0 Å². The molecule has 0 aromatic carbocycles. The molecule has 0 saturated carbocycles. The summed E-state index contributed by atoms with van der Waals surface area (Å²) in [6.45, 7) is 9.60. The highest BCUT2D eigenvalue weighted by atomic mass is 32.1. The molecule has 2 aromatic rings. The summed E-state index contributed by atoms with van der Waals surface area (Å²) in [4.78, 5) is 13.4. The summed E-state index contributed by atoms with van der Waals surface area (Å²) in [6.07, 6.45) is 1.85. The molecular weight excluding hydrogens is 350 g/mol. The molecule has 0 atom stereocenters. The average molecular weight is 378 g/mol.